The second kappa shape index (κ2) is 7.31. The van der Waals surface area contributed by atoms with E-state index in [1.807, 2.05) is 0 Å². The Morgan fingerprint density at radius 3 is 2.67 bits per heavy atom. The van der Waals surface area contributed by atoms with Gasteiger partial charge in [0, 0.05) is 10.9 Å². The summed E-state index contributed by atoms with van der Waals surface area (Å²) in [6, 6.07) is 2.38. The summed E-state index contributed by atoms with van der Waals surface area (Å²) in [6.45, 7) is 0.229. The summed E-state index contributed by atoms with van der Waals surface area (Å²) in [4.78, 5) is 10.2. The molecule has 1 aromatic carbocycles. The SMILES string of the molecule is O=C(O)CCCCCOc1cc(Br)cc(F)c1F. The lowest BCUT2D eigenvalue weighted by molar-refractivity contribution is -0.137. The van der Waals surface area contributed by atoms with Crippen LogP contribution in [0.25, 0.3) is 0 Å². The zero-order valence-corrected chi connectivity index (χ0v) is 11.2. The van der Waals surface area contributed by atoms with Gasteiger partial charge in [-0.05, 0) is 31.4 Å². The average molecular weight is 323 g/mol. The van der Waals surface area contributed by atoms with Crippen LogP contribution < -0.4 is 4.74 Å². The number of carbonyl (C=O) groups is 1. The Bertz CT molecular complexity index is 424. The molecule has 1 N–H and O–H groups in total. The van der Waals surface area contributed by atoms with E-state index in [4.69, 9.17) is 9.84 Å². The fraction of sp³-hybridized carbons (Fsp3) is 0.417. The third kappa shape index (κ3) is 5.00. The predicted molar refractivity (Wildman–Crippen MR) is 65.7 cm³/mol. The highest BCUT2D eigenvalue weighted by molar-refractivity contribution is 9.10. The van der Waals surface area contributed by atoms with Gasteiger partial charge in [-0.1, -0.05) is 15.9 Å². The van der Waals surface area contributed by atoms with Crippen molar-refractivity contribution in [1.29, 1.82) is 0 Å². The highest BCUT2D eigenvalue weighted by Crippen LogP contribution is 2.25. The molecular formula is C12H13BrF2O3. The number of ether oxygens (including phenoxy) is 1. The van der Waals surface area contributed by atoms with E-state index in [0.29, 0.717) is 23.7 Å². The van der Waals surface area contributed by atoms with Crippen molar-refractivity contribution in [3.8, 4) is 5.75 Å². The monoisotopic (exact) mass is 322 g/mol. The minimum atomic E-state index is -1.01. The molecule has 0 saturated carbocycles. The van der Waals surface area contributed by atoms with E-state index in [-0.39, 0.29) is 18.8 Å². The number of benzene rings is 1. The fourth-order valence-electron chi connectivity index (χ4n) is 1.37. The van der Waals surface area contributed by atoms with Gasteiger partial charge in [0.1, 0.15) is 0 Å². The van der Waals surface area contributed by atoms with Crippen LogP contribution in [-0.2, 0) is 4.79 Å². The molecule has 0 bridgehead atoms. The summed E-state index contributed by atoms with van der Waals surface area (Å²) in [5.41, 5.74) is 0. The van der Waals surface area contributed by atoms with Crippen LogP contribution in [0.2, 0.25) is 0 Å². The molecule has 0 fully saturated rings. The molecule has 6 heteroatoms. The van der Waals surface area contributed by atoms with Crippen molar-refractivity contribution in [2.45, 2.75) is 25.7 Å². The Morgan fingerprint density at radius 2 is 2.00 bits per heavy atom. The first kappa shape index (κ1) is 14.9. The first-order valence-electron chi connectivity index (χ1n) is 5.50. The van der Waals surface area contributed by atoms with Gasteiger partial charge in [-0.15, -0.1) is 0 Å². The molecule has 0 amide bonds. The number of aliphatic carboxylic acids is 1. The molecule has 0 aliphatic heterocycles. The maximum Gasteiger partial charge on any atom is 0.303 e. The smallest absolute Gasteiger partial charge is 0.303 e. The number of hydrogen-bond acceptors (Lipinski definition) is 2. The second-order valence-electron chi connectivity index (χ2n) is 3.75. The van der Waals surface area contributed by atoms with Crippen LogP contribution in [0.15, 0.2) is 16.6 Å². The first-order chi connectivity index (χ1) is 8.50. The van der Waals surface area contributed by atoms with Crippen molar-refractivity contribution in [3.05, 3.63) is 28.2 Å². The summed E-state index contributed by atoms with van der Waals surface area (Å²) in [6.07, 6.45) is 1.93. The van der Waals surface area contributed by atoms with E-state index in [1.165, 1.54) is 6.07 Å². The third-order valence-corrected chi connectivity index (χ3v) is 2.71. The van der Waals surface area contributed by atoms with Crippen LogP contribution in [0, 0.1) is 11.6 Å². The van der Waals surface area contributed by atoms with E-state index in [1.54, 1.807) is 0 Å². The molecule has 0 radical (unpaired) electrons. The van der Waals surface area contributed by atoms with Crippen molar-refractivity contribution in [3.63, 3.8) is 0 Å². The van der Waals surface area contributed by atoms with Crippen LogP contribution in [-0.4, -0.2) is 17.7 Å². The van der Waals surface area contributed by atoms with E-state index in [9.17, 15) is 13.6 Å². The van der Waals surface area contributed by atoms with Crippen molar-refractivity contribution in [1.82, 2.24) is 0 Å². The third-order valence-electron chi connectivity index (χ3n) is 2.25. The Balaban J connectivity index is 2.33. The lowest BCUT2D eigenvalue weighted by Gasteiger charge is -2.08. The fourth-order valence-corrected chi connectivity index (χ4v) is 1.78. The van der Waals surface area contributed by atoms with E-state index in [0.717, 1.165) is 6.07 Å². The van der Waals surface area contributed by atoms with Crippen LogP contribution >= 0.6 is 15.9 Å². The standard InChI is InChI=1S/C12H13BrF2O3/c13-8-6-9(14)12(15)10(7-8)18-5-3-1-2-4-11(16)17/h6-7H,1-5H2,(H,16,17). The average Bonchev–Trinajstić information content (AvgIpc) is 2.29. The Morgan fingerprint density at radius 1 is 1.28 bits per heavy atom. The molecule has 0 atom stereocenters. The quantitative estimate of drug-likeness (QED) is 0.614. The van der Waals surface area contributed by atoms with Gasteiger partial charge >= 0.3 is 5.97 Å². The lowest BCUT2D eigenvalue weighted by Crippen LogP contribution is -2.01. The van der Waals surface area contributed by atoms with E-state index < -0.39 is 17.6 Å². The molecule has 0 unspecified atom stereocenters. The molecule has 0 aliphatic rings. The molecular weight excluding hydrogens is 310 g/mol. The maximum absolute atomic E-state index is 13.3. The van der Waals surface area contributed by atoms with Crippen molar-refractivity contribution < 1.29 is 23.4 Å². The zero-order chi connectivity index (χ0) is 13.5. The largest absolute Gasteiger partial charge is 0.490 e. The maximum atomic E-state index is 13.3. The normalized spacial score (nSPS) is 10.4. The number of carboxylic acid groups (broad SMARTS) is 1. The van der Waals surface area contributed by atoms with E-state index >= 15 is 0 Å². The lowest BCUT2D eigenvalue weighted by atomic mass is 10.2. The van der Waals surface area contributed by atoms with Gasteiger partial charge in [0.15, 0.2) is 11.6 Å². The summed E-state index contributed by atoms with van der Waals surface area (Å²) < 4.78 is 31.8. The summed E-state index contributed by atoms with van der Waals surface area (Å²) in [7, 11) is 0. The Labute approximate surface area is 112 Å². The van der Waals surface area contributed by atoms with Gasteiger partial charge in [0.05, 0.1) is 6.61 Å². The summed E-state index contributed by atoms with van der Waals surface area (Å²) in [5.74, 6) is -2.95. The summed E-state index contributed by atoms with van der Waals surface area (Å²) in [5, 5.41) is 8.42. The first-order valence-corrected chi connectivity index (χ1v) is 6.29. The Kier molecular flexibility index (Phi) is 6.04. The molecule has 0 saturated heterocycles. The topological polar surface area (TPSA) is 46.5 Å². The van der Waals surface area contributed by atoms with Gasteiger partial charge in [0.25, 0.3) is 0 Å². The molecule has 0 aromatic heterocycles. The van der Waals surface area contributed by atoms with Crippen LogP contribution in [0.5, 0.6) is 5.75 Å². The van der Waals surface area contributed by atoms with E-state index in [2.05, 4.69) is 15.9 Å². The van der Waals surface area contributed by atoms with Gasteiger partial charge in [-0.3, -0.25) is 4.79 Å². The summed E-state index contributed by atoms with van der Waals surface area (Å²) >= 11 is 3.04. The molecule has 1 rings (SSSR count). The number of unbranched alkanes of at least 4 members (excludes halogenated alkanes) is 2. The molecule has 0 spiro atoms. The number of rotatable bonds is 7. The van der Waals surface area contributed by atoms with Crippen molar-refractivity contribution >= 4 is 21.9 Å². The molecule has 18 heavy (non-hydrogen) atoms. The van der Waals surface area contributed by atoms with Gasteiger partial charge in [0.2, 0.25) is 5.82 Å². The Hall–Kier alpha value is -1.17. The molecule has 0 heterocycles. The van der Waals surface area contributed by atoms with Crippen molar-refractivity contribution in [2.75, 3.05) is 6.61 Å². The molecule has 1 aromatic rings. The molecule has 3 nitrogen and oxygen atoms in total. The highest BCUT2D eigenvalue weighted by Gasteiger charge is 2.10. The van der Waals surface area contributed by atoms with Crippen LogP contribution in [0.4, 0.5) is 8.78 Å². The number of hydrogen-bond donors (Lipinski definition) is 1. The molecule has 100 valence electrons. The van der Waals surface area contributed by atoms with Gasteiger partial charge in [-0.2, -0.15) is 4.39 Å². The van der Waals surface area contributed by atoms with Gasteiger partial charge < -0.3 is 9.84 Å². The number of halogens is 3. The van der Waals surface area contributed by atoms with Crippen molar-refractivity contribution in [2.24, 2.45) is 0 Å². The predicted octanol–water partition coefficient (Wildman–Crippen LogP) is 3.75. The number of carboxylic acids is 1. The van der Waals surface area contributed by atoms with Gasteiger partial charge in [-0.25, -0.2) is 4.39 Å². The van der Waals surface area contributed by atoms with Crippen LogP contribution in [0.3, 0.4) is 0 Å². The zero-order valence-electron chi connectivity index (χ0n) is 9.59. The molecule has 0 aliphatic carbocycles. The van der Waals surface area contributed by atoms with Crippen LogP contribution in [0.1, 0.15) is 25.7 Å². The highest BCUT2D eigenvalue weighted by atomic mass is 79.9. The second-order valence-corrected chi connectivity index (χ2v) is 4.67. The minimum Gasteiger partial charge on any atom is -0.490 e. The minimum absolute atomic E-state index is 0.111.